The molecule has 5 aliphatic rings. The van der Waals surface area contributed by atoms with Crippen LogP contribution in [-0.2, 0) is 19.3 Å². The lowest BCUT2D eigenvalue weighted by molar-refractivity contribution is -0.489. The van der Waals surface area contributed by atoms with Gasteiger partial charge in [0, 0.05) is 18.8 Å². The molecule has 9 atom stereocenters. The van der Waals surface area contributed by atoms with Crippen LogP contribution < -0.4 is 4.74 Å². The number of ether oxygens (including phenoxy) is 2. The van der Waals surface area contributed by atoms with Crippen molar-refractivity contribution >= 4 is 11.4 Å². The quantitative estimate of drug-likeness (QED) is 0.410. The molecule has 6 rings (SSSR count). The Morgan fingerprint density at radius 1 is 0.973 bits per heavy atom. The number of Topliss-reactive ketones (excluding diaryl/α,β-unsaturated/α-hetero) is 1. The summed E-state index contributed by atoms with van der Waals surface area (Å²) in [6, 6.07) is 7.87. The average molecular weight is 509 g/mol. The Kier molecular flexibility index (Phi) is 6.36. The van der Waals surface area contributed by atoms with E-state index in [1.54, 1.807) is 7.11 Å². The number of rotatable bonds is 4. The van der Waals surface area contributed by atoms with Crippen LogP contribution in [0.15, 0.2) is 30.8 Å². The highest BCUT2D eigenvalue weighted by Crippen LogP contribution is 2.68. The van der Waals surface area contributed by atoms with E-state index in [2.05, 4.69) is 20.4 Å². The normalized spacial score (nSPS) is 45.0. The molecule has 37 heavy (non-hydrogen) atoms. The molecule has 1 spiro atoms. The van der Waals surface area contributed by atoms with Crippen LogP contribution in [0.4, 0.5) is 0 Å². The Hall–Kier alpha value is -1.69. The minimum absolute atomic E-state index is 0.219. The summed E-state index contributed by atoms with van der Waals surface area (Å²) >= 11 is 0. The van der Waals surface area contributed by atoms with Crippen molar-refractivity contribution in [2.75, 3.05) is 13.7 Å². The van der Waals surface area contributed by atoms with Crippen LogP contribution in [0, 0.1) is 40.4 Å². The first-order valence-electron chi connectivity index (χ1n) is 14.5. The molecule has 5 fully saturated rings. The van der Waals surface area contributed by atoms with E-state index in [0.717, 1.165) is 54.4 Å². The molecule has 0 amide bonds. The first-order chi connectivity index (χ1) is 17.7. The summed E-state index contributed by atoms with van der Waals surface area (Å²) in [4.78, 5) is 24.5. The van der Waals surface area contributed by atoms with Crippen LogP contribution in [0.25, 0.3) is 5.57 Å². The van der Waals surface area contributed by atoms with Gasteiger partial charge >= 0.3 is 0 Å². The topological polar surface area (TPSA) is 54.0 Å². The zero-order chi connectivity index (χ0) is 26.0. The lowest BCUT2D eigenvalue weighted by Gasteiger charge is -2.62. The van der Waals surface area contributed by atoms with Gasteiger partial charge in [-0.05, 0) is 110 Å². The number of carbonyl (C=O) groups is 1. The Balaban J connectivity index is 1.11. The van der Waals surface area contributed by atoms with Crippen molar-refractivity contribution < 1.29 is 24.0 Å². The minimum atomic E-state index is -0.635. The Labute approximate surface area is 222 Å². The van der Waals surface area contributed by atoms with Crippen LogP contribution >= 0.6 is 0 Å². The summed E-state index contributed by atoms with van der Waals surface area (Å²) in [5.41, 5.74) is 2.41. The maximum atomic E-state index is 12.5. The van der Waals surface area contributed by atoms with Crippen molar-refractivity contribution in [3.8, 4) is 5.75 Å². The van der Waals surface area contributed by atoms with Gasteiger partial charge in [-0.15, -0.1) is 0 Å². The maximum absolute atomic E-state index is 12.5. The fourth-order valence-electron chi connectivity index (χ4n) is 9.65. The monoisotopic (exact) mass is 508 g/mol. The zero-order valence-corrected chi connectivity index (χ0v) is 23.1. The molecule has 0 aromatic heterocycles. The van der Waals surface area contributed by atoms with Crippen molar-refractivity contribution in [1.82, 2.24) is 0 Å². The van der Waals surface area contributed by atoms with Gasteiger partial charge in [-0.2, -0.15) is 0 Å². The fraction of sp³-hybridized carbons (Fsp3) is 0.719. The molecule has 1 heterocycles. The molecule has 0 N–H and O–H groups in total. The maximum Gasteiger partial charge on any atom is 0.202 e. The van der Waals surface area contributed by atoms with Crippen molar-refractivity contribution in [3.05, 3.63) is 36.4 Å². The van der Waals surface area contributed by atoms with Crippen molar-refractivity contribution in [2.24, 2.45) is 40.4 Å². The van der Waals surface area contributed by atoms with Crippen LogP contribution in [0.1, 0.15) is 84.1 Å². The van der Waals surface area contributed by atoms with Crippen molar-refractivity contribution in [1.29, 1.82) is 0 Å². The number of carbonyl (C=O) groups excluding carboxylic acids is 1. The number of hydrogen-bond donors (Lipinski definition) is 0. The van der Waals surface area contributed by atoms with Gasteiger partial charge in [-0.3, -0.25) is 4.79 Å². The third-order valence-electron chi connectivity index (χ3n) is 11.8. The summed E-state index contributed by atoms with van der Waals surface area (Å²) in [5, 5.41) is 0. The van der Waals surface area contributed by atoms with E-state index >= 15 is 0 Å². The molecule has 4 saturated carbocycles. The third kappa shape index (κ3) is 4.03. The highest BCUT2D eigenvalue weighted by atomic mass is 17.2. The second-order valence-electron chi connectivity index (χ2n) is 13.3. The number of methoxy groups -OCH3 is 1. The number of benzene rings is 1. The summed E-state index contributed by atoms with van der Waals surface area (Å²) in [6.07, 6.45) is 9.93. The fourth-order valence-corrected chi connectivity index (χ4v) is 9.65. The minimum Gasteiger partial charge on any atom is -0.497 e. The lowest BCUT2D eigenvalue weighted by Crippen LogP contribution is -2.58. The van der Waals surface area contributed by atoms with Gasteiger partial charge in [-0.25, -0.2) is 9.78 Å². The zero-order valence-electron chi connectivity index (χ0n) is 23.1. The molecule has 1 aromatic carbocycles. The molecule has 1 aromatic rings. The summed E-state index contributed by atoms with van der Waals surface area (Å²) in [7, 11) is 1.67. The van der Waals surface area contributed by atoms with Crippen LogP contribution in [0.3, 0.4) is 0 Å². The van der Waals surface area contributed by atoms with Gasteiger partial charge in [0.1, 0.15) is 17.6 Å². The second kappa shape index (κ2) is 9.20. The first-order valence-corrected chi connectivity index (χ1v) is 14.5. The van der Waals surface area contributed by atoms with Crippen molar-refractivity contribution in [2.45, 2.75) is 90.4 Å². The van der Waals surface area contributed by atoms with Gasteiger partial charge in [0.15, 0.2) is 0 Å². The SMILES string of the molecule is C=C(c1ccc(OC)cc1)C1COC2(CC[C@@]3(C)C(CC[C@H]4[C@@H]5CC[C@H](C(C)=O)[C@@]5(C)CC[C@@H]43)C2)OO1. The van der Waals surface area contributed by atoms with E-state index in [-0.39, 0.29) is 17.4 Å². The van der Waals surface area contributed by atoms with Crippen LogP contribution in [0.5, 0.6) is 5.75 Å². The highest BCUT2D eigenvalue weighted by molar-refractivity contribution is 5.79. The number of fused-ring (bicyclic) bond motifs is 5. The molecule has 4 aliphatic carbocycles. The van der Waals surface area contributed by atoms with E-state index in [0.29, 0.717) is 29.6 Å². The molecule has 3 unspecified atom stereocenters. The van der Waals surface area contributed by atoms with Gasteiger partial charge in [0.05, 0.1) is 13.7 Å². The summed E-state index contributed by atoms with van der Waals surface area (Å²) in [5.74, 6) is 3.69. The molecule has 5 nitrogen and oxygen atoms in total. The van der Waals surface area contributed by atoms with Crippen LogP contribution in [-0.4, -0.2) is 31.4 Å². The van der Waals surface area contributed by atoms with E-state index in [1.807, 2.05) is 31.2 Å². The van der Waals surface area contributed by atoms with E-state index in [9.17, 15) is 4.79 Å². The Morgan fingerprint density at radius 3 is 2.41 bits per heavy atom. The molecule has 0 bridgehead atoms. The number of hydrogen-bond acceptors (Lipinski definition) is 5. The molecule has 1 aliphatic heterocycles. The average Bonchev–Trinajstić information content (AvgIpc) is 3.27. The highest BCUT2D eigenvalue weighted by Gasteiger charge is 2.62. The predicted molar refractivity (Wildman–Crippen MR) is 143 cm³/mol. The van der Waals surface area contributed by atoms with Gasteiger partial charge in [0.2, 0.25) is 5.79 Å². The van der Waals surface area contributed by atoms with Crippen molar-refractivity contribution in [3.63, 3.8) is 0 Å². The van der Waals surface area contributed by atoms with Gasteiger partial charge in [-0.1, -0.05) is 32.6 Å². The molecular formula is C32H44O5. The molecule has 202 valence electrons. The van der Waals surface area contributed by atoms with E-state index < -0.39 is 5.79 Å². The number of ketones is 1. The van der Waals surface area contributed by atoms with Gasteiger partial charge in [0.25, 0.3) is 0 Å². The lowest BCUT2D eigenvalue weighted by atomic mass is 9.44. The van der Waals surface area contributed by atoms with E-state index in [4.69, 9.17) is 19.2 Å². The summed E-state index contributed by atoms with van der Waals surface area (Å²) in [6.45, 7) is 11.5. The van der Waals surface area contributed by atoms with Crippen LogP contribution in [0.2, 0.25) is 0 Å². The predicted octanol–water partition coefficient (Wildman–Crippen LogP) is 7.00. The first kappa shape index (κ1) is 25.6. The van der Waals surface area contributed by atoms with Gasteiger partial charge < -0.3 is 9.47 Å². The molecule has 1 saturated heterocycles. The van der Waals surface area contributed by atoms with E-state index in [1.165, 1.54) is 32.1 Å². The smallest absolute Gasteiger partial charge is 0.202 e. The third-order valence-corrected chi connectivity index (χ3v) is 11.8. The summed E-state index contributed by atoms with van der Waals surface area (Å²) < 4.78 is 11.8. The Bertz CT molecular complexity index is 1040. The molecule has 0 radical (unpaired) electrons. The Morgan fingerprint density at radius 2 is 1.73 bits per heavy atom. The molecule has 5 heteroatoms. The largest absolute Gasteiger partial charge is 0.497 e. The molecular weight excluding hydrogens is 464 g/mol. The standard InChI is InChI=1S/C32H44O5/c1-20(22-6-9-24(34-5)10-7-22)29-19-35-32(37-36-29)17-16-30(3)23(18-32)8-11-25-27-13-12-26(21(2)33)31(27,4)15-14-28(25)30/h6-7,9-10,23,25-29H,1,8,11-19H2,2-5H3/t23?,25-,26+,27-,28-,29?,30-,31+,32?/m0/s1. The second-order valence-corrected chi connectivity index (χ2v) is 13.3.